The maximum atomic E-state index is 12.4. The van der Waals surface area contributed by atoms with Crippen molar-refractivity contribution in [1.29, 1.82) is 0 Å². The van der Waals surface area contributed by atoms with Crippen molar-refractivity contribution in [3.05, 3.63) is 42.7 Å². The minimum Gasteiger partial charge on any atom is -0.381 e. The van der Waals surface area contributed by atoms with E-state index >= 15 is 0 Å². The van der Waals surface area contributed by atoms with Crippen LogP contribution in [0.25, 0.3) is 11.2 Å². The van der Waals surface area contributed by atoms with Gasteiger partial charge < -0.3 is 19.9 Å². The maximum absolute atomic E-state index is 12.4. The predicted octanol–water partition coefficient (Wildman–Crippen LogP) is 2.08. The molecule has 1 amide bonds. The topological polar surface area (TPSA) is 107 Å². The van der Waals surface area contributed by atoms with E-state index in [0.29, 0.717) is 25.6 Å². The Balaban J connectivity index is 1.21. The molecule has 0 unspecified atom stereocenters. The number of ether oxygens (including phenoxy) is 1. The lowest BCUT2D eigenvalue weighted by molar-refractivity contribution is -0.129. The molecule has 9 nitrogen and oxygen atoms in total. The van der Waals surface area contributed by atoms with Crippen molar-refractivity contribution in [3.63, 3.8) is 0 Å². The van der Waals surface area contributed by atoms with Gasteiger partial charge in [-0.1, -0.05) is 6.07 Å². The van der Waals surface area contributed by atoms with Crippen LogP contribution in [-0.2, 0) is 16.1 Å². The molecule has 0 atom stereocenters. The van der Waals surface area contributed by atoms with Crippen molar-refractivity contribution in [3.8, 4) is 0 Å². The molecule has 1 aliphatic carbocycles. The van der Waals surface area contributed by atoms with E-state index in [4.69, 9.17) is 4.74 Å². The number of rotatable bonds is 6. The molecule has 1 aliphatic heterocycles. The summed E-state index contributed by atoms with van der Waals surface area (Å²) in [6, 6.07) is 4.43. The number of imidazole rings is 1. The van der Waals surface area contributed by atoms with Crippen LogP contribution in [-0.4, -0.2) is 49.7 Å². The molecule has 5 rings (SSSR count). The standard InChI is InChI=1S/C21H25N7O2/c29-21(15-3-6-30-7-4-15)27-16-8-17(9-16)28-13-26-18-19(24-12-25-20(18)28)23-11-14-2-1-5-22-10-14/h1-2,5,10,12-13,15-17H,3-4,6-9,11H2,(H,27,29)(H,23,24,25). The molecule has 1 saturated carbocycles. The molecule has 9 heteroatoms. The van der Waals surface area contributed by atoms with Crippen LogP contribution in [0.2, 0.25) is 0 Å². The van der Waals surface area contributed by atoms with E-state index in [0.717, 1.165) is 42.4 Å². The molecule has 156 valence electrons. The van der Waals surface area contributed by atoms with Crippen LogP contribution < -0.4 is 10.6 Å². The van der Waals surface area contributed by atoms with Gasteiger partial charge >= 0.3 is 0 Å². The van der Waals surface area contributed by atoms with Gasteiger partial charge in [-0.15, -0.1) is 0 Å². The molecular formula is C21H25N7O2. The minimum atomic E-state index is 0.0908. The van der Waals surface area contributed by atoms with Crippen molar-refractivity contribution >= 4 is 22.9 Å². The first-order chi connectivity index (χ1) is 14.8. The van der Waals surface area contributed by atoms with Crippen molar-refractivity contribution in [1.82, 2.24) is 29.8 Å². The third-order valence-corrected chi connectivity index (χ3v) is 5.99. The van der Waals surface area contributed by atoms with Crippen LogP contribution in [0.4, 0.5) is 5.82 Å². The zero-order valence-electron chi connectivity index (χ0n) is 16.7. The third kappa shape index (κ3) is 3.85. The minimum absolute atomic E-state index is 0.0908. The number of hydrogen-bond acceptors (Lipinski definition) is 7. The molecule has 4 heterocycles. The second-order valence-corrected chi connectivity index (χ2v) is 7.98. The predicted molar refractivity (Wildman–Crippen MR) is 111 cm³/mol. The smallest absolute Gasteiger partial charge is 0.223 e. The number of aromatic nitrogens is 5. The summed E-state index contributed by atoms with van der Waals surface area (Å²) in [5.41, 5.74) is 2.65. The number of pyridine rings is 1. The number of amides is 1. The highest BCUT2D eigenvalue weighted by Gasteiger charge is 2.34. The lowest BCUT2D eigenvalue weighted by atomic mass is 9.85. The number of nitrogens with one attached hydrogen (secondary N) is 2. The lowest BCUT2D eigenvalue weighted by Gasteiger charge is -2.37. The lowest BCUT2D eigenvalue weighted by Crippen LogP contribution is -2.47. The fourth-order valence-corrected chi connectivity index (χ4v) is 4.15. The van der Waals surface area contributed by atoms with Gasteiger partial charge in [-0.2, -0.15) is 0 Å². The third-order valence-electron chi connectivity index (χ3n) is 5.99. The summed E-state index contributed by atoms with van der Waals surface area (Å²) in [5, 5.41) is 6.53. The van der Waals surface area contributed by atoms with Crippen LogP contribution in [0, 0.1) is 5.92 Å². The monoisotopic (exact) mass is 407 g/mol. The van der Waals surface area contributed by atoms with Crippen LogP contribution >= 0.6 is 0 Å². The van der Waals surface area contributed by atoms with E-state index in [2.05, 4.69) is 35.1 Å². The number of anilines is 1. The molecule has 2 fully saturated rings. The molecule has 3 aromatic heterocycles. The Morgan fingerprint density at radius 3 is 2.87 bits per heavy atom. The van der Waals surface area contributed by atoms with E-state index in [1.165, 1.54) is 0 Å². The second kappa shape index (κ2) is 8.35. The van der Waals surface area contributed by atoms with Crippen LogP contribution in [0.5, 0.6) is 0 Å². The van der Waals surface area contributed by atoms with Crippen LogP contribution in [0.3, 0.4) is 0 Å². The summed E-state index contributed by atoms with van der Waals surface area (Å²) in [6.07, 6.45) is 10.4. The normalized spacial score (nSPS) is 21.9. The molecule has 30 heavy (non-hydrogen) atoms. The van der Waals surface area contributed by atoms with Crippen molar-refractivity contribution in [2.45, 2.75) is 44.3 Å². The molecule has 1 saturated heterocycles. The number of hydrogen-bond donors (Lipinski definition) is 2. The van der Waals surface area contributed by atoms with Gasteiger partial charge in [0.1, 0.15) is 11.8 Å². The average Bonchev–Trinajstić information content (AvgIpc) is 3.20. The van der Waals surface area contributed by atoms with Gasteiger partial charge in [0.25, 0.3) is 0 Å². The number of carbonyl (C=O) groups is 1. The van der Waals surface area contributed by atoms with Gasteiger partial charge in [-0.25, -0.2) is 15.0 Å². The van der Waals surface area contributed by atoms with Crippen molar-refractivity contribution in [2.75, 3.05) is 18.5 Å². The largest absolute Gasteiger partial charge is 0.381 e. The molecule has 0 radical (unpaired) electrons. The molecule has 0 spiro atoms. The number of nitrogens with zero attached hydrogens (tertiary/aromatic N) is 5. The second-order valence-electron chi connectivity index (χ2n) is 7.98. The van der Waals surface area contributed by atoms with Gasteiger partial charge in [-0.05, 0) is 37.3 Å². The van der Waals surface area contributed by atoms with Crippen molar-refractivity contribution < 1.29 is 9.53 Å². The Morgan fingerprint density at radius 2 is 2.07 bits per heavy atom. The summed E-state index contributed by atoms with van der Waals surface area (Å²) in [5.74, 6) is 0.973. The highest BCUT2D eigenvalue weighted by Crippen LogP contribution is 2.35. The summed E-state index contributed by atoms with van der Waals surface area (Å²) in [6.45, 7) is 1.99. The Labute approximate surface area is 174 Å². The molecule has 3 aromatic rings. The number of carbonyl (C=O) groups excluding carboxylic acids is 1. The molecular weight excluding hydrogens is 382 g/mol. The molecule has 2 N–H and O–H groups in total. The van der Waals surface area contributed by atoms with Gasteiger partial charge in [-0.3, -0.25) is 9.78 Å². The fraction of sp³-hybridized carbons (Fsp3) is 0.476. The Kier molecular flexibility index (Phi) is 5.27. The summed E-state index contributed by atoms with van der Waals surface area (Å²) < 4.78 is 7.44. The zero-order chi connectivity index (χ0) is 20.3. The first-order valence-corrected chi connectivity index (χ1v) is 10.5. The quantitative estimate of drug-likeness (QED) is 0.644. The molecule has 0 bridgehead atoms. The van der Waals surface area contributed by atoms with E-state index < -0.39 is 0 Å². The van der Waals surface area contributed by atoms with Crippen molar-refractivity contribution in [2.24, 2.45) is 5.92 Å². The van der Waals surface area contributed by atoms with Gasteiger partial charge in [0.15, 0.2) is 11.5 Å². The highest BCUT2D eigenvalue weighted by atomic mass is 16.5. The Hall–Kier alpha value is -3.07. The zero-order valence-corrected chi connectivity index (χ0v) is 16.7. The van der Waals surface area contributed by atoms with Crippen LogP contribution in [0.15, 0.2) is 37.2 Å². The van der Waals surface area contributed by atoms with E-state index in [-0.39, 0.29) is 23.9 Å². The highest BCUT2D eigenvalue weighted by molar-refractivity contribution is 5.83. The number of fused-ring (bicyclic) bond motifs is 1. The Bertz CT molecular complexity index is 1010. The first-order valence-electron chi connectivity index (χ1n) is 10.5. The summed E-state index contributed by atoms with van der Waals surface area (Å²) >= 11 is 0. The molecule has 2 aliphatic rings. The summed E-state index contributed by atoms with van der Waals surface area (Å²) in [7, 11) is 0. The first kappa shape index (κ1) is 18.9. The fourth-order valence-electron chi connectivity index (χ4n) is 4.15. The van der Waals surface area contributed by atoms with E-state index in [1.807, 2.05) is 24.7 Å². The Morgan fingerprint density at radius 1 is 1.20 bits per heavy atom. The average molecular weight is 407 g/mol. The van der Waals surface area contributed by atoms with Gasteiger partial charge in [0.2, 0.25) is 5.91 Å². The summed E-state index contributed by atoms with van der Waals surface area (Å²) in [4.78, 5) is 29.9. The SMILES string of the molecule is O=C(NC1CC(n2cnc3c(NCc4cccnc4)ncnc32)C1)C1CCOCC1. The van der Waals surface area contributed by atoms with E-state index in [1.54, 1.807) is 12.5 Å². The van der Waals surface area contributed by atoms with E-state index in [9.17, 15) is 4.79 Å². The molecule has 0 aromatic carbocycles. The maximum Gasteiger partial charge on any atom is 0.223 e. The van der Waals surface area contributed by atoms with Gasteiger partial charge in [0.05, 0.1) is 6.33 Å². The van der Waals surface area contributed by atoms with Gasteiger partial charge in [0, 0.05) is 50.2 Å². The van der Waals surface area contributed by atoms with Crippen LogP contribution in [0.1, 0.15) is 37.3 Å².